The first-order chi connectivity index (χ1) is 19.8. The van der Waals surface area contributed by atoms with Crippen LogP contribution in [0.1, 0.15) is 55.3 Å². The number of carbonyl (C=O) groups is 2. The highest BCUT2D eigenvalue weighted by molar-refractivity contribution is 7.92. The highest BCUT2D eigenvalue weighted by Crippen LogP contribution is 2.38. The molecular weight excluding hydrogens is 544 g/mol. The molecule has 0 aromatic heterocycles. The van der Waals surface area contributed by atoms with Crippen molar-refractivity contribution in [1.82, 2.24) is 9.80 Å². The zero-order valence-electron chi connectivity index (χ0n) is 23.8. The second kappa shape index (κ2) is 12.8. The summed E-state index contributed by atoms with van der Waals surface area (Å²) in [5.74, 6) is 0.177. The number of fused-ring (bicyclic) bond motifs is 2. The molecule has 3 aliphatic heterocycles. The van der Waals surface area contributed by atoms with E-state index in [1.165, 1.54) is 19.2 Å². The average Bonchev–Trinajstić information content (AvgIpc) is 3.46. The van der Waals surface area contributed by atoms with Crippen LogP contribution in [0.25, 0.3) is 0 Å². The van der Waals surface area contributed by atoms with Gasteiger partial charge in [-0.3, -0.25) is 9.59 Å². The van der Waals surface area contributed by atoms with Gasteiger partial charge in [-0.2, -0.15) is 0 Å². The van der Waals surface area contributed by atoms with Gasteiger partial charge in [0.05, 0.1) is 36.8 Å². The number of carbonyl (C=O) groups excluding carboxylic acids is 2. The van der Waals surface area contributed by atoms with Crippen LogP contribution in [0.2, 0.25) is 0 Å². The quantitative estimate of drug-likeness (QED) is 0.536. The lowest BCUT2D eigenvalue weighted by Gasteiger charge is -2.42. The molecule has 1 spiro atoms. The summed E-state index contributed by atoms with van der Waals surface area (Å²) >= 11 is 0. The number of nitrogens with zero attached hydrogens (tertiary/aromatic N) is 2. The first-order valence-corrected chi connectivity index (χ1v) is 16.2. The van der Waals surface area contributed by atoms with Crippen LogP contribution in [-0.2, 0) is 19.4 Å². The molecule has 2 aromatic carbocycles. The van der Waals surface area contributed by atoms with Crippen LogP contribution >= 0.6 is 0 Å². The van der Waals surface area contributed by atoms with Crippen LogP contribution in [0.4, 0.5) is 0 Å². The molecule has 3 heterocycles. The van der Waals surface area contributed by atoms with Crippen molar-refractivity contribution in [3.8, 4) is 11.5 Å². The molecule has 2 fully saturated rings. The standard InChI is InChI=1S/C31H40N2O7S/c1-38-25-10-12-26(13-11-25)41(36,37)22-29(34)32-18-15-31(16-19-32)14-4-5-20-39-21-24-7-6-17-33(24)30(35)27-8-2-3-9-28(27)40-23-31/h2-3,8-13,24H,4-7,14-23H2,1H3/t24-/m0/s1. The molecule has 10 heteroatoms. The Morgan fingerprint density at radius 2 is 1.76 bits per heavy atom. The number of amides is 2. The SMILES string of the molecule is COc1ccc(S(=O)(=O)CC(=O)N2CCC3(CCCCOC[C@@H]4CCCN4C(=O)c4ccccc4OC3)CC2)cc1. The zero-order chi connectivity index (χ0) is 28.9. The highest BCUT2D eigenvalue weighted by Gasteiger charge is 2.38. The molecule has 9 nitrogen and oxygen atoms in total. The molecule has 0 unspecified atom stereocenters. The van der Waals surface area contributed by atoms with Gasteiger partial charge >= 0.3 is 0 Å². The van der Waals surface area contributed by atoms with Gasteiger partial charge in [-0.25, -0.2) is 8.42 Å². The predicted octanol–water partition coefficient (Wildman–Crippen LogP) is 3.96. The highest BCUT2D eigenvalue weighted by atomic mass is 32.2. The molecule has 5 rings (SSSR count). The molecule has 0 aliphatic carbocycles. The third kappa shape index (κ3) is 6.86. The minimum Gasteiger partial charge on any atom is -0.497 e. The van der Waals surface area contributed by atoms with E-state index in [0.29, 0.717) is 62.8 Å². The lowest BCUT2D eigenvalue weighted by molar-refractivity contribution is -0.131. The number of para-hydroxylation sites is 1. The number of likely N-dealkylation sites (tertiary alicyclic amines) is 1. The largest absolute Gasteiger partial charge is 0.497 e. The van der Waals surface area contributed by atoms with E-state index in [1.807, 2.05) is 29.2 Å². The minimum atomic E-state index is -3.77. The molecule has 222 valence electrons. The Morgan fingerprint density at radius 1 is 1.00 bits per heavy atom. The summed E-state index contributed by atoms with van der Waals surface area (Å²) < 4.78 is 43.3. The summed E-state index contributed by atoms with van der Waals surface area (Å²) in [6.45, 7) is 3.30. The molecule has 2 amide bonds. The van der Waals surface area contributed by atoms with Gasteiger partial charge in [-0.15, -0.1) is 0 Å². The summed E-state index contributed by atoms with van der Waals surface area (Å²) in [6.07, 6.45) is 6.13. The van der Waals surface area contributed by atoms with E-state index in [0.717, 1.165) is 38.6 Å². The maximum atomic E-state index is 13.5. The molecule has 0 radical (unpaired) electrons. The van der Waals surface area contributed by atoms with E-state index < -0.39 is 15.6 Å². The van der Waals surface area contributed by atoms with Gasteiger partial charge in [0.15, 0.2) is 9.84 Å². The van der Waals surface area contributed by atoms with Gasteiger partial charge in [0.25, 0.3) is 5.91 Å². The Labute approximate surface area is 242 Å². The van der Waals surface area contributed by atoms with Crippen LogP contribution < -0.4 is 9.47 Å². The number of sulfone groups is 1. The van der Waals surface area contributed by atoms with Crippen molar-refractivity contribution in [2.45, 2.75) is 55.9 Å². The maximum Gasteiger partial charge on any atom is 0.257 e. The summed E-state index contributed by atoms with van der Waals surface area (Å²) in [6, 6.07) is 13.6. The molecule has 1 atom stereocenters. The number of hydrogen-bond donors (Lipinski definition) is 0. The van der Waals surface area contributed by atoms with E-state index in [2.05, 4.69) is 0 Å². The minimum absolute atomic E-state index is 0.0173. The van der Waals surface area contributed by atoms with Crippen molar-refractivity contribution >= 4 is 21.7 Å². The Hall–Kier alpha value is -3.11. The predicted molar refractivity (Wildman–Crippen MR) is 154 cm³/mol. The van der Waals surface area contributed by atoms with E-state index >= 15 is 0 Å². The van der Waals surface area contributed by atoms with Crippen LogP contribution in [0.15, 0.2) is 53.4 Å². The monoisotopic (exact) mass is 584 g/mol. The Balaban J connectivity index is 1.26. The molecule has 0 saturated carbocycles. The molecule has 2 aromatic rings. The fourth-order valence-corrected chi connectivity index (χ4v) is 7.40. The maximum absolute atomic E-state index is 13.5. The molecule has 0 N–H and O–H groups in total. The van der Waals surface area contributed by atoms with Gasteiger partial charge in [0, 0.05) is 31.7 Å². The Bertz CT molecular complexity index is 1320. The van der Waals surface area contributed by atoms with Crippen LogP contribution in [0, 0.1) is 5.41 Å². The smallest absolute Gasteiger partial charge is 0.257 e. The van der Waals surface area contributed by atoms with Crippen molar-refractivity contribution in [3.63, 3.8) is 0 Å². The van der Waals surface area contributed by atoms with Gasteiger partial charge in [0.2, 0.25) is 5.91 Å². The summed E-state index contributed by atoms with van der Waals surface area (Å²) in [7, 11) is -2.25. The second-order valence-electron chi connectivity index (χ2n) is 11.4. The third-order valence-corrected chi connectivity index (χ3v) is 10.4. The normalized spacial score (nSPS) is 21.9. The number of methoxy groups -OCH3 is 1. The van der Waals surface area contributed by atoms with Gasteiger partial charge in [-0.1, -0.05) is 18.6 Å². The van der Waals surface area contributed by atoms with Gasteiger partial charge in [-0.05, 0) is 74.9 Å². The van der Waals surface area contributed by atoms with Crippen LogP contribution in [0.3, 0.4) is 0 Å². The van der Waals surface area contributed by atoms with Gasteiger partial charge < -0.3 is 24.0 Å². The lowest BCUT2D eigenvalue weighted by atomic mass is 9.75. The van der Waals surface area contributed by atoms with E-state index in [-0.39, 0.29) is 28.2 Å². The number of ether oxygens (including phenoxy) is 3. The molecule has 41 heavy (non-hydrogen) atoms. The summed E-state index contributed by atoms with van der Waals surface area (Å²) in [4.78, 5) is 30.3. The summed E-state index contributed by atoms with van der Waals surface area (Å²) in [5.41, 5.74) is 0.394. The van der Waals surface area contributed by atoms with Crippen molar-refractivity contribution in [2.75, 3.05) is 52.3 Å². The molecule has 2 saturated heterocycles. The first kappa shape index (κ1) is 29.4. The number of benzene rings is 2. The first-order valence-electron chi connectivity index (χ1n) is 14.6. The lowest BCUT2D eigenvalue weighted by Crippen LogP contribution is -2.47. The van der Waals surface area contributed by atoms with E-state index in [4.69, 9.17) is 14.2 Å². The number of piperidine rings is 1. The topological polar surface area (TPSA) is 102 Å². The van der Waals surface area contributed by atoms with E-state index in [1.54, 1.807) is 17.0 Å². The zero-order valence-corrected chi connectivity index (χ0v) is 24.6. The van der Waals surface area contributed by atoms with E-state index in [9.17, 15) is 18.0 Å². The van der Waals surface area contributed by atoms with Crippen molar-refractivity contribution in [3.05, 3.63) is 54.1 Å². The number of hydrogen-bond acceptors (Lipinski definition) is 7. The van der Waals surface area contributed by atoms with Crippen molar-refractivity contribution in [1.29, 1.82) is 0 Å². The Kier molecular flexibility index (Phi) is 9.19. The second-order valence-corrected chi connectivity index (χ2v) is 13.4. The molecular formula is C31H40N2O7S. The summed E-state index contributed by atoms with van der Waals surface area (Å²) in [5, 5.41) is 0. The average molecular weight is 585 g/mol. The fourth-order valence-electron chi connectivity index (χ4n) is 6.17. The molecule has 0 bridgehead atoms. The third-order valence-electron chi connectivity index (χ3n) is 8.75. The Morgan fingerprint density at radius 3 is 2.51 bits per heavy atom. The van der Waals surface area contributed by atoms with Crippen molar-refractivity contribution in [2.24, 2.45) is 5.41 Å². The van der Waals surface area contributed by atoms with Crippen LogP contribution in [-0.4, -0.2) is 88.4 Å². The molecule has 3 aliphatic rings. The van der Waals surface area contributed by atoms with Crippen LogP contribution in [0.5, 0.6) is 11.5 Å². The number of rotatable bonds is 4. The van der Waals surface area contributed by atoms with Crippen molar-refractivity contribution < 1.29 is 32.2 Å². The van der Waals surface area contributed by atoms with Gasteiger partial charge in [0.1, 0.15) is 17.3 Å². The fraction of sp³-hybridized carbons (Fsp3) is 0.548.